The number of rotatable bonds is 4. The summed E-state index contributed by atoms with van der Waals surface area (Å²) in [5.41, 5.74) is 3.74. The number of thiazole rings is 1. The van der Waals surface area contributed by atoms with Crippen molar-refractivity contribution in [1.29, 1.82) is 0 Å². The van der Waals surface area contributed by atoms with Crippen molar-refractivity contribution in [2.45, 2.75) is 19.8 Å². The summed E-state index contributed by atoms with van der Waals surface area (Å²) in [5.74, 6) is 1.28. The summed E-state index contributed by atoms with van der Waals surface area (Å²) in [6.07, 6.45) is 1.08. The maximum absolute atomic E-state index is 12.4. The van der Waals surface area contributed by atoms with Crippen molar-refractivity contribution in [1.82, 2.24) is 4.98 Å². The molecule has 0 unspecified atom stereocenters. The molecule has 0 bridgehead atoms. The van der Waals surface area contributed by atoms with Gasteiger partial charge in [-0.05, 0) is 19.1 Å². The first-order chi connectivity index (χ1) is 13.2. The smallest absolute Gasteiger partial charge is 0.230 e. The highest BCUT2D eigenvalue weighted by Crippen LogP contribution is 2.32. The number of anilines is 1. The monoisotopic (exact) mass is 380 g/mol. The average Bonchev–Trinajstić information content (AvgIpc) is 2.99. The predicted octanol–water partition coefficient (Wildman–Crippen LogP) is 4.46. The number of aryl methyl sites for hydroxylation is 1. The molecule has 1 N–H and O–H groups in total. The molecule has 2 aromatic carbocycles. The molecule has 5 nitrogen and oxygen atoms in total. The SMILES string of the molecule is Cc1ccc(-c2nc(CC(=O)Nc3ccc4c(c3)OCCCO4)cs2)cc1. The van der Waals surface area contributed by atoms with Crippen LogP contribution in [0, 0.1) is 6.92 Å². The topological polar surface area (TPSA) is 60.5 Å². The second-order valence-corrected chi connectivity index (χ2v) is 7.31. The molecule has 2 heterocycles. The van der Waals surface area contributed by atoms with E-state index in [9.17, 15) is 4.79 Å². The molecule has 0 saturated carbocycles. The van der Waals surface area contributed by atoms with Crippen LogP contribution in [-0.2, 0) is 11.2 Å². The molecule has 4 rings (SSSR count). The molecule has 0 fully saturated rings. The van der Waals surface area contributed by atoms with Gasteiger partial charge >= 0.3 is 0 Å². The second kappa shape index (κ2) is 7.80. The Hall–Kier alpha value is -2.86. The molecule has 0 atom stereocenters. The molecule has 0 radical (unpaired) electrons. The molecular formula is C21H20N2O3S. The van der Waals surface area contributed by atoms with Gasteiger partial charge in [-0.25, -0.2) is 4.98 Å². The lowest BCUT2D eigenvalue weighted by atomic mass is 10.2. The Labute approximate surface area is 162 Å². The number of nitrogens with zero attached hydrogens (tertiary/aromatic N) is 1. The minimum atomic E-state index is -0.106. The van der Waals surface area contributed by atoms with Gasteiger partial charge in [0.2, 0.25) is 5.91 Å². The largest absolute Gasteiger partial charge is 0.490 e. The van der Waals surface area contributed by atoms with E-state index in [4.69, 9.17) is 9.47 Å². The second-order valence-electron chi connectivity index (χ2n) is 6.45. The minimum absolute atomic E-state index is 0.106. The van der Waals surface area contributed by atoms with Crippen LogP contribution in [0.1, 0.15) is 17.7 Å². The maximum atomic E-state index is 12.4. The number of nitrogens with one attached hydrogen (secondary N) is 1. The van der Waals surface area contributed by atoms with Gasteiger partial charge in [0, 0.05) is 29.1 Å². The fourth-order valence-corrected chi connectivity index (χ4v) is 3.65. The van der Waals surface area contributed by atoms with Crippen LogP contribution in [-0.4, -0.2) is 24.1 Å². The number of amides is 1. The van der Waals surface area contributed by atoms with Gasteiger partial charge in [-0.15, -0.1) is 11.3 Å². The van der Waals surface area contributed by atoms with Crippen LogP contribution in [0.4, 0.5) is 5.69 Å². The number of carbonyl (C=O) groups is 1. The van der Waals surface area contributed by atoms with Crippen LogP contribution >= 0.6 is 11.3 Å². The van der Waals surface area contributed by atoms with Crippen LogP contribution in [0.25, 0.3) is 10.6 Å². The van der Waals surface area contributed by atoms with Crippen molar-refractivity contribution >= 4 is 22.9 Å². The van der Waals surface area contributed by atoms with Gasteiger partial charge in [0.25, 0.3) is 0 Å². The molecule has 1 aliphatic rings. The Morgan fingerprint density at radius 2 is 1.89 bits per heavy atom. The van der Waals surface area contributed by atoms with Crippen molar-refractivity contribution in [2.24, 2.45) is 0 Å². The zero-order valence-electron chi connectivity index (χ0n) is 15.0. The lowest BCUT2D eigenvalue weighted by Crippen LogP contribution is -2.14. The third kappa shape index (κ3) is 4.28. The van der Waals surface area contributed by atoms with E-state index in [-0.39, 0.29) is 12.3 Å². The summed E-state index contributed by atoms with van der Waals surface area (Å²) in [4.78, 5) is 17.0. The number of aromatic nitrogens is 1. The molecule has 1 aliphatic heterocycles. The van der Waals surface area contributed by atoms with Crippen molar-refractivity contribution in [3.8, 4) is 22.1 Å². The van der Waals surface area contributed by atoms with Gasteiger partial charge in [-0.2, -0.15) is 0 Å². The van der Waals surface area contributed by atoms with E-state index in [1.165, 1.54) is 5.56 Å². The number of carbonyl (C=O) groups excluding carboxylic acids is 1. The normalized spacial score (nSPS) is 13.1. The van der Waals surface area contributed by atoms with E-state index in [1.54, 1.807) is 17.4 Å². The Morgan fingerprint density at radius 3 is 2.70 bits per heavy atom. The summed E-state index contributed by atoms with van der Waals surface area (Å²) < 4.78 is 11.3. The number of hydrogen-bond donors (Lipinski definition) is 1. The molecule has 1 aromatic heterocycles. The quantitative estimate of drug-likeness (QED) is 0.726. The number of benzene rings is 2. The molecule has 0 spiro atoms. The van der Waals surface area contributed by atoms with E-state index in [2.05, 4.69) is 41.5 Å². The highest BCUT2D eigenvalue weighted by Gasteiger charge is 2.13. The Balaban J connectivity index is 1.41. The average molecular weight is 380 g/mol. The van der Waals surface area contributed by atoms with E-state index in [1.807, 2.05) is 17.5 Å². The summed E-state index contributed by atoms with van der Waals surface area (Å²) in [6, 6.07) is 13.7. The van der Waals surface area contributed by atoms with Crippen LogP contribution in [0.2, 0.25) is 0 Å². The van der Waals surface area contributed by atoms with E-state index >= 15 is 0 Å². The predicted molar refractivity (Wildman–Crippen MR) is 107 cm³/mol. The molecular weight excluding hydrogens is 360 g/mol. The highest BCUT2D eigenvalue weighted by molar-refractivity contribution is 7.13. The first-order valence-electron chi connectivity index (χ1n) is 8.88. The van der Waals surface area contributed by atoms with Crippen molar-refractivity contribution in [3.05, 3.63) is 59.1 Å². The summed E-state index contributed by atoms with van der Waals surface area (Å²) in [5, 5.41) is 5.77. The van der Waals surface area contributed by atoms with Crippen LogP contribution in [0.5, 0.6) is 11.5 Å². The van der Waals surface area contributed by atoms with Gasteiger partial charge < -0.3 is 14.8 Å². The Bertz CT molecular complexity index is 950. The van der Waals surface area contributed by atoms with Gasteiger partial charge in [0.15, 0.2) is 11.5 Å². The molecule has 3 aromatic rings. The van der Waals surface area contributed by atoms with Gasteiger partial charge in [0.1, 0.15) is 5.01 Å². The first kappa shape index (κ1) is 17.5. The molecule has 27 heavy (non-hydrogen) atoms. The maximum Gasteiger partial charge on any atom is 0.230 e. The standard InChI is InChI=1S/C21H20N2O3S/c1-14-3-5-15(6-4-14)21-23-17(13-27-21)12-20(24)22-16-7-8-18-19(11-16)26-10-2-9-25-18/h3-8,11,13H,2,9-10,12H2,1H3,(H,22,24). The Morgan fingerprint density at radius 1 is 1.11 bits per heavy atom. The van der Waals surface area contributed by atoms with Crippen LogP contribution < -0.4 is 14.8 Å². The zero-order valence-corrected chi connectivity index (χ0v) is 15.8. The Kier molecular flexibility index (Phi) is 5.07. The molecule has 1 amide bonds. The number of fused-ring (bicyclic) bond motifs is 1. The molecule has 0 saturated heterocycles. The lowest BCUT2D eigenvalue weighted by Gasteiger charge is -2.10. The lowest BCUT2D eigenvalue weighted by molar-refractivity contribution is -0.115. The summed E-state index contributed by atoms with van der Waals surface area (Å²) in [7, 11) is 0. The molecule has 0 aliphatic carbocycles. The highest BCUT2D eigenvalue weighted by atomic mass is 32.1. The van der Waals surface area contributed by atoms with Gasteiger partial charge in [-0.1, -0.05) is 29.8 Å². The van der Waals surface area contributed by atoms with E-state index < -0.39 is 0 Å². The first-order valence-corrected chi connectivity index (χ1v) is 9.76. The summed E-state index contributed by atoms with van der Waals surface area (Å²) in [6.45, 7) is 3.32. The third-order valence-corrected chi connectivity index (χ3v) is 5.16. The van der Waals surface area contributed by atoms with Crippen LogP contribution in [0.3, 0.4) is 0 Å². The molecule has 138 valence electrons. The van der Waals surface area contributed by atoms with E-state index in [0.717, 1.165) is 22.7 Å². The fourth-order valence-electron chi connectivity index (χ4n) is 2.83. The summed E-state index contributed by atoms with van der Waals surface area (Å²) >= 11 is 1.55. The van der Waals surface area contributed by atoms with Crippen molar-refractivity contribution in [2.75, 3.05) is 18.5 Å². The third-order valence-electron chi connectivity index (χ3n) is 4.22. The van der Waals surface area contributed by atoms with Gasteiger partial charge in [0.05, 0.1) is 25.3 Å². The van der Waals surface area contributed by atoms with E-state index in [0.29, 0.717) is 30.4 Å². The van der Waals surface area contributed by atoms with Crippen LogP contribution in [0.15, 0.2) is 47.8 Å². The van der Waals surface area contributed by atoms with Gasteiger partial charge in [-0.3, -0.25) is 4.79 Å². The van der Waals surface area contributed by atoms with Crippen molar-refractivity contribution < 1.29 is 14.3 Å². The molecule has 6 heteroatoms. The fraction of sp³-hybridized carbons (Fsp3) is 0.238. The number of ether oxygens (including phenoxy) is 2. The van der Waals surface area contributed by atoms with Crippen molar-refractivity contribution in [3.63, 3.8) is 0 Å². The number of hydrogen-bond acceptors (Lipinski definition) is 5. The zero-order chi connectivity index (χ0) is 18.6. The minimum Gasteiger partial charge on any atom is -0.490 e.